The van der Waals surface area contributed by atoms with Crippen molar-refractivity contribution in [2.45, 2.75) is 72.9 Å². The molecule has 5 aromatic carbocycles. The summed E-state index contributed by atoms with van der Waals surface area (Å²) in [6.45, 7) is 11.5. The average molecular weight is 2080 g/mol. The van der Waals surface area contributed by atoms with Crippen molar-refractivity contribution in [1.29, 1.82) is 0 Å². The second-order valence-electron chi connectivity index (χ2n) is 33.2. The summed E-state index contributed by atoms with van der Waals surface area (Å²) in [5, 5.41) is 47.4. The van der Waals surface area contributed by atoms with Gasteiger partial charge in [-0.05, 0) is 134 Å². The third-order valence-corrected chi connectivity index (χ3v) is 24.2. The summed E-state index contributed by atoms with van der Waals surface area (Å²) >= 11 is 17.0. The number of methoxy groups -OCH3 is 3. The van der Waals surface area contributed by atoms with Gasteiger partial charge in [0.05, 0.1) is 55.5 Å². The van der Waals surface area contributed by atoms with Crippen molar-refractivity contribution in [3.8, 4) is 78.8 Å². The van der Waals surface area contributed by atoms with Crippen LogP contribution >= 0.6 is 34.8 Å². The van der Waals surface area contributed by atoms with Gasteiger partial charge in [0.1, 0.15) is 28.3 Å². The van der Waals surface area contributed by atoms with Crippen LogP contribution in [0.2, 0.25) is 15.5 Å². The number of nitrogens with one attached hydrogen (secondary N) is 1. The number of carboxylic acid groups (broad SMARTS) is 1. The minimum absolute atomic E-state index is 0. The number of carbonyl (C=O) groups is 5. The number of hydrogen-bond acceptors (Lipinski definition) is 35. The zero-order valence-corrected chi connectivity index (χ0v) is 84.9. The maximum atomic E-state index is 13.1. The molecule has 18 aromatic rings. The number of likely N-dealkylation sites (N-methyl/N-ethyl adjacent to an activating group) is 2. The number of hydrogen-bond donors (Lipinski definition) is 12. The van der Waals surface area contributed by atoms with Crippen molar-refractivity contribution in [1.82, 2.24) is 102 Å². The van der Waals surface area contributed by atoms with Crippen LogP contribution in [0.15, 0.2) is 250 Å². The molecule has 2 fully saturated rings. The number of likely N-dealkylation sites (tertiary alicyclic amines) is 2. The van der Waals surface area contributed by atoms with Gasteiger partial charge in [-0.1, -0.05) is 200 Å². The van der Waals surface area contributed by atoms with Crippen LogP contribution in [0.25, 0.3) is 101 Å². The number of nitrogen functional groups attached to an aromatic ring is 5. The van der Waals surface area contributed by atoms with Crippen molar-refractivity contribution in [3.63, 3.8) is 0 Å². The summed E-state index contributed by atoms with van der Waals surface area (Å²) in [6, 6.07) is 62.4. The number of aromatic nitrogens is 18. The molecule has 0 aliphatic carbocycles. The number of aryl methyl sites for hydroxylation is 4. The van der Waals surface area contributed by atoms with Gasteiger partial charge in [0.25, 0.3) is 5.91 Å². The number of benzene rings is 5. The number of rotatable bonds is 17. The molecule has 0 saturated carbocycles. The molecule has 768 valence electrons. The number of fused-ring (bicyclic) bond motifs is 4. The van der Waals surface area contributed by atoms with Crippen LogP contribution in [0.4, 0.5) is 29.1 Å². The van der Waals surface area contributed by atoms with Crippen LogP contribution in [0.5, 0.6) is 0 Å². The van der Waals surface area contributed by atoms with Gasteiger partial charge in [-0.25, -0.2) is 89.0 Å². The molecule has 1 amide bonds. The Hall–Kier alpha value is -16.1. The number of ether oxygens (including phenoxy) is 3. The zero-order chi connectivity index (χ0) is 105. The largest absolute Gasteiger partial charge is 1.00 e. The molecule has 47 heteroatoms. The van der Waals surface area contributed by atoms with E-state index in [9.17, 15) is 29.1 Å². The van der Waals surface area contributed by atoms with Gasteiger partial charge in [0.15, 0.2) is 73.0 Å². The van der Waals surface area contributed by atoms with E-state index in [1.54, 1.807) is 61.2 Å². The summed E-state index contributed by atoms with van der Waals surface area (Å²) in [4.78, 5) is 123. The third kappa shape index (κ3) is 28.6. The fourth-order valence-electron chi connectivity index (χ4n) is 15.5. The van der Waals surface area contributed by atoms with E-state index in [2.05, 4.69) is 103 Å². The van der Waals surface area contributed by atoms with Gasteiger partial charge < -0.3 is 112 Å². The maximum absolute atomic E-state index is 13.1. The van der Waals surface area contributed by atoms with E-state index in [0.29, 0.717) is 69.4 Å². The number of aromatic carboxylic acids is 1. The van der Waals surface area contributed by atoms with Gasteiger partial charge in [0.2, 0.25) is 0 Å². The predicted octanol–water partition coefficient (Wildman–Crippen LogP) is 8.87. The number of carbonyl (C=O) groups excluding carboxylic acids is 4. The van der Waals surface area contributed by atoms with Crippen LogP contribution in [0.3, 0.4) is 0 Å². The molecule has 150 heavy (non-hydrogen) atoms. The van der Waals surface area contributed by atoms with E-state index in [4.69, 9.17) is 99.0 Å². The van der Waals surface area contributed by atoms with Gasteiger partial charge in [0, 0.05) is 136 Å². The fraction of sp³-hybridized carbons (Fsp3) is 0.194. The normalized spacial score (nSPS) is 12.7. The van der Waals surface area contributed by atoms with E-state index in [-0.39, 0.29) is 111 Å². The number of nitrogens with two attached hydrogens (primary N) is 6. The van der Waals surface area contributed by atoms with Crippen molar-refractivity contribution < 1.29 is 87.7 Å². The average Bonchev–Trinajstić information content (AvgIpc) is 1.58. The number of esters is 3. The second kappa shape index (κ2) is 54.0. The van der Waals surface area contributed by atoms with E-state index in [1.165, 1.54) is 40.7 Å². The molecule has 19 N–H and O–H groups in total. The minimum atomic E-state index is -1.42. The summed E-state index contributed by atoms with van der Waals surface area (Å²) in [5.41, 5.74) is 51.9. The molecular formula is C103H109B2Cl3LiN27O14. The second-order valence-corrected chi connectivity index (χ2v) is 34.3. The van der Waals surface area contributed by atoms with E-state index < -0.39 is 38.1 Å². The smallest absolute Gasteiger partial charge is 0.870 e. The molecule has 13 aromatic heterocycles. The van der Waals surface area contributed by atoms with Crippen molar-refractivity contribution in [2.24, 2.45) is 5.73 Å². The van der Waals surface area contributed by atoms with Crippen LogP contribution in [-0.2, 0) is 14.2 Å². The van der Waals surface area contributed by atoms with Gasteiger partial charge in [-0.2, -0.15) is 0 Å². The van der Waals surface area contributed by atoms with E-state index >= 15 is 0 Å². The summed E-state index contributed by atoms with van der Waals surface area (Å²) < 4.78 is 21.4. The molecule has 41 nitrogen and oxygen atoms in total. The first-order valence-electron chi connectivity index (χ1n) is 45.6. The van der Waals surface area contributed by atoms with Gasteiger partial charge >= 0.3 is 57.0 Å². The Kier molecular flexibility index (Phi) is 41.7. The molecule has 2 aliphatic rings. The Balaban J connectivity index is 0.000000181. The Morgan fingerprint density at radius 1 is 0.373 bits per heavy atom. The number of carboxylic acids is 1. The topological polar surface area (TPSA) is 617 Å². The van der Waals surface area contributed by atoms with Crippen molar-refractivity contribution in [3.05, 3.63) is 316 Å². The third-order valence-electron chi connectivity index (χ3n) is 23.3. The monoisotopic (exact) mass is 2080 g/mol. The van der Waals surface area contributed by atoms with Crippen molar-refractivity contribution >= 4 is 141 Å². The first kappa shape index (κ1) is 116. The maximum Gasteiger partial charge on any atom is 1.00 e. The molecule has 20 rings (SSSR count). The first-order chi connectivity index (χ1) is 70.6. The number of nitrogens with zero attached hydrogens (tertiary/aromatic N) is 20. The van der Waals surface area contributed by atoms with Crippen LogP contribution < -0.4 is 69.5 Å². The Morgan fingerprint density at radius 3 is 1.01 bits per heavy atom. The van der Waals surface area contributed by atoms with E-state index in [0.717, 1.165) is 110 Å². The number of amides is 1. The zero-order valence-electron chi connectivity index (χ0n) is 82.6. The van der Waals surface area contributed by atoms with Crippen LogP contribution in [0, 0.1) is 27.7 Å². The molecule has 0 unspecified atom stereocenters. The molecule has 15 heterocycles. The molecule has 2 saturated heterocycles. The Labute approximate surface area is 890 Å². The van der Waals surface area contributed by atoms with E-state index in [1.807, 2.05) is 234 Å². The number of anilines is 5. The van der Waals surface area contributed by atoms with Crippen LogP contribution in [0.1, 0.15) is 108 Å². The minimum Gasteiger partial charge on any atom is -0.870 e. The van der Waals surface area contributed by atoms with Gasteiger partial charge in [-0.3, -0.25) is 4.79 Å². The SMILES string of the molecule is C.CN1CCC[C@@H]1CN.COC(=O)c1nc(-c2ccc3ncc(C)n3c2)c(-c2ccccc2)nc1N.COC(=O)c1nc(Cl)c(-c2ccccc2)nc1N.COC(=O)c1nc(Cl)c(Cl)nc1N.Cc1cnc2ccc(-c3nc(C(=O)NC[C@H]4CCCN4C)c(N)nc3-c3ccccc3)cn12.Cc1cnc2ccc(-c3nc(C(=O)O)c(N)nc3-c3ccccc3)cn12.Cc1cnc2ccc(B(O)O)cn12.OB(O)c1ccccc1.[Li+].[OH-]. The molecule has 0 radical (unpaired) electrons. The molecule has 0 bridgehead atoms. The number of halogens is 3. The summed E-state index contributed by atoms with van der Waals surface area (Å²) in [6.07, 6.45) is 19.4. The quantitative estimate of drug-likeness (QED) is 0.0230. The summed E-state index contributed by atoms with van der Waals surface area (Å²) in [5.74, 6) is -3.59. The molecule has 2 atom stereocenters. The molecule has 0 spiro atoms. The van der Waals surface area contributed by atoms with Crippen LogP contribution in [-0.4, -0.2) is 246 Å². The Bertz CT molecular complexity index is 7710. The standard InChI is InChI=1S/C25H27N7O.C20H17N5O2.C19H15N5O2.C12H10ClN3O2.C8H9BN2O2.C6H7BO2.C6H5Cl2N3O2.C6H14N2.CH4.Li.H2O/c1-16-13-27-20-11-10-18(15-32(16)20)22-21(17-7-4-3-5-8-17)30-24(26)23(29-22)25(33)28-14-19-9-6-12-31(19)2;1-12-10-22-15-9-8-14(11-25(12)15)17-16(13-6-4-3-5-7-13)24-19(21)18(23-17)20(26)27-2;1-11-9-21-14-8-7-13(10-24(11)14)16-15(12-5-3-2-4-6-12)23-18(20)17(22-16)19(25)26;1-18-12(17)9-11(14)16-8(10(13)15-9)7-5-3-2-4-6-7;1-6-4-10-8-3-2-7(9(12)13)5-11(6)8;8-7(9)6-4-2-1-3-5-6;1-13-6(12)2-5(9)11-4(8)3(7)10-2;1-8-4-2-3-6(8)5-7;;;/h3-5,7-8,10-11,13,15,19H,6,9,12,14H2,1-2H3,(H2,26,30)(H,28,33);3-11H,1-2H3,(H2,21,24);2-10H,1H3,(H2,20,23)(H,25,26);2-6H,1H3,(H2,14,16);2-5,12-13H,1H3;1-5,8-9H;1H3,(H2,9,11);6H,2-5,7H2,1H3;1H4;;1H2/q;;;;;;;;;+1;/p-1/t19-;;;;;;;6-;;;/m1......1.../s1. The predicted molar refractivity (Wildman–Crippen MR) is 574 cm³/mol. The molecular weight excluding hydrogens is 1970 g/mol. The number of imidazole rings is 4. The first-order valence-corrected chi connectivity index (χ1v) is 46.8. The summed E-state index contributed by atoms with van der Waals surface area (Å²) in [7, 11) is 5.19. The number of pyridine rings is 4. The van der Waals surface area contributed by atoms with Crippen molar-refractivity contribution in [2.75, 3.05) is 90.3 Å². The Morgan fingerprint density at radius 2 is 0.667 bits per heavy atom. The van der Waals surface area contributed by atoms with Gasteiger partial charge in [-0.15, -0.1) is 0 Å². The molecule has 2 aliphatic heterocycles. The fourth-order valence-corrected chi connectivity index (χ4v) is 15.9.